The normalized spacial score (nSPS) is 15.5. The highest BCUT2D eigenvalue weighted by Crippen LogP contribution is 2.30. The Labute approximate surface area is 125 Å². The van der Waals surface area contributed by atoms with Crippen molar-refractivity contribution in [2.45, 2.75) is 32.4 Å². The third-order valence-electron chi connectivity index (χ3n) is 3.55. The molecule has 0 fully saturated rings. The molecule has 2 aromatic rings. The Morgan fingerprint density at radius 2 is 2.00 bits per heavy atom. The van der Waals surface area contributed by atoms with Gasteiger partial charge in [0.25, 0.3) is 0 Å². The summed E-state index contributed by atoms with van der Waals surface area (Å²) in [5.41, 5.74) is 1.20. The van der Waals surface area contributed by atoms with Crippen molar-refractivity contribution in [3.63, 3.8) is 0 Å². The molecule has 0 saturated carbocycles. The molecule has 112 valence electrons. The fourth-order valence-corrected chi connectivity index (χ4v) is 2.41. The van der Waals surface area contributed by atoms with Crippen molar-refractivity contribution >= 4 is 0 Å². The quantitative estimate of drug-likeness (QED) is 0.917. The van der Waals surface area contributed by atoms with Crippen LogP contribution in [0.4, 0.5) is 0 Å². The highest BCUT2D eigenvalue weighted by atomic mass is 16.5. The topological polar surface area (TPSA) is 43.6 Å². The maximum absolute atomic E-state index is 5.71. The van der Waals surface area contributed by atoms with E-state index in [1.165, 1.54) is 5.56 Å². The smallest absolute Gasteiger partial charge is 0.161 e. The highest BCUT2D eigenvalue weighted by molar-refractivity contribution is 5.43. The van der Waals surface area contributed by atoms with Gasteiger partial charge in [-0.05, 0) is 36.8 Å². The number of furan rings is 1. The van der Waals surface area contributed by atoms with E-state index in [4.69, 9.17) is 13.9 Å². The molecule has 1 aromatic heterocycles. The Hall–Kier alpha value is -1.94. The van der Waals surface area contributed by atoms with Crippen LogP contribution in [0, 0.1) is 0 Å². The zero-order chi connectivity index (χ0) is 14.5. The molecule has 1 aliphatic rings. The Bertz CT molecular complexity index is 565. The van der Waals surface area contributed by atoms with Gasteiger partial charge in [0.05, 0.1) is 19.5 Å². The molecule has 1 atom stereocenters. The summed E-state index contributed by atoms with van der Waals surface area (Å²) in [7, 11) is 0. The van der Waals surface area contributed by atoms with Crippen LogP contribution in [-0.4, -0.2) is 19.3 Å². The van der Waals surface area contributed by atoms with E-state index in [9.17, 15) is 0 Å². The summed E-state index contributed by atoms with van der Waals surface area (Å²) in [5, 5.41) is 3.50. The van der Waals surface area contributed by atoms with Crippen molar-refractivity contribution in [2.75, 3.05) is 13.2 Å². The van der Waals surface area contributed by atoms with E-state index in [1.807, 2.05) is 18.2 Å². The van der Waals surface area contributed by atoms with Gasteiger partial charge in [0.1, 0.15) is 5.76 Å². The van der Waals surface area contributed by atoms with Gasteiger partial charge in [-0.3, -0.25) is 0 Å². The summed E-state index contributed by atoms with van der Waals surface area (Å²) in [5.74, 6) is 2.71. The molecule has 4 nitrogen and oxygen atoms in total. The van der Waals surface area contributed by atoms with Gasteiger partial charge in [0.15, 0.2) is 11.5 Å². The Morgan fingerprint density at radius 3 is 2.81 bits per heavy atom. The average Bonchev–Trinajstić information content (AvgIpc) is 2.88. The lowest BCUT2D eigenvalue weighted by Crippen LogP contribution is -2.27. The molecule has 0 bridgehead atoms. The van der Waals surface area contributed by atoms with Crippen LogP contribution in [0.15, 0.2) is 41.0 Å². The van der Waals surface area contributed by atoms with E-state index >= 15 is 0 Å². The van der Waals surface area contributed by atoms with Gasteiger partial charge in [0, 0.05) is 25.4 Å². The van der Waals surface area contributed by atoms with E-state index in [0.29, 0.717) is 6.04 Å². The Balaban J connectivity index is 1.56. The molecule has 1 aromatic carbocycles. The minimum Gasteiger partial charge on any atom is -0.490 e. The molecule has 0 radical (unpaired) electrons. The maximum atomic E-state index is 5.71. The molecule has 0 amide bonds. The monoisotopic (exact) mass is 287 g/mol. The number of rotatable bonds is 5. The predicted molar refractivity (Wildman–Crippen MR) is 80.8 cm³/mol. The van der Waals surface area contributed by atoms with Gasteiger partial charge in [-0.2, -0.15) is 0 Å². The van der Waals surface area contributed by atoms with Crippen molar-refractivity contribution in [3.8, 4) is 11.5 Å². The fraction of sp³-hybridized carbons (Fsp3) is 0.412. The van der Waals surface area contributed by atoms with Gasteiger partial charge < -0.3 is 19.2 Å². The molecule has 4 heteroatoms. The first-order chi connectivity index (χ1) is 10.3. The molecular weight excluding hydrogens is 266 g/mol. The summed E-state index contributed by atoms with van der Waals surface area (Å²) in [4.78, 5) is 0. The number of hydrogen-bond donors (Lipinski definition) is 1. The van der Waals surface area contributed by atoms with Crippen LogP contribution in [-0.2, 0) is 13.0 Å². The minimum absolute atomic E-state index is 0.354. The molecule has 3 rings (SSSR count). The Kier molecular flexibility index (Phi) is 4.46. The third kappa shape index (κ3) is 3.79. The van der Waals surface area contributed by atoms with Gasteiger partial charge >= 0.3 is 0 Å². The van der Waals surface area contributed by atoms with E-state index < -0.39 is 0 Å². The van der Waals surface area contributed by atoms with Gasteiger partial charge in [-0.25, -0.2) is 0 Å². The summed E-state index contributed by atoms with van der Waals surface area (Å²) >= 11 is 0. The SMILES string of the molecule is CC(Cc1ccco1)NCc1ccc2c(c1)OCCCO2. The second-order valence-electron chi connectivity index (χ2n) is 5.40. The summed E-state index contributed by atoms with van der Waals surface area (Å²) in [6, 6.07) is 10.4. The molecule has 1 N–H and O–H groups in total. The van der Waals surface area contributed by atoms with E-state index in [2.05, 4.69) is 24.4 Å². The van der Waals surface area contributed by atoms with E-state index in [0.717, 1.165) is 49.9 Å². The van der Waals surface area contributed by atoms with E-state index in [-0.39, 0.29) is 0 Å². The summed E-state index contributed by atoms with van der Waals surface area (Å²) in [6.45, 7) is 4.41. The van der Waals surface area contributed by atoms with Crippen molar-refractivity contribution in [1.29, 1.82) is 0 Å². The first-order valence-corrected chi connectivity index (χ1v) is 7.45. The lowest BCUT2D eigenvalue weighted by Gasteiger charge is -2.14. The average molecular weight is 287 g/mol. The van der Waals surface area contributed by atoms with Gasteiger partial charge in [-0.1, -0.05) is 6.07 Å². The van der Waals surface area contributed by atoms with Gasteiger partial charge in [-0.15, -0.1) is 0 Å². The van der Waals surface area contributed by atoms with Crippen LogP contribution < -0.4 is 14.8 Å². The lowest BCUT2D eigenvalue weighted by atomic mass is 10.1. The first-order valence-electron chi connectivity index (χ1n) is 7.45. The fourth-order valence-electron chi connectivity index (χ4n) is 2.41. The van der Waals surface area contributed by atoms with Crippen LogP contribution in [0.25, 0.3) is 0 Å². The molecule has 0 saturated heterocycles. The second kappa shape index (κ2) is 6.68. The molecule has 21 heavy (non-hydrogen) atoms. The minimum atomic E-state index is 0.354. The van der Waals surface area contributed by atoms with Crippen LogP contribution in [0.5, 0.6) is 11.5 Å². The zero-order valence-electron chi connectivity index (χ0n) is 12.3. The molecule has 2 heterocycles. The van der Waals surface area contributed by atoms with Crippen LogP contribution in [0.2, 0.25) is 0 Å². The van der Waals surface area contributed by atoms with Crippen molar-refractivity contribution in [1.82, 2.24) is 5.32 Å². The number of fused-ring (bicyclic) bond motifs is 1. The summed E-state index contributed by atoms with van der Waals surface area (Å²) < 4.78 is 16.7. The number of nitrogens with one attached hydrogen (secondary N) is 1. The maximum Gasteiger partial charge on any atom is 0.161 e. The van der Waals surface area contributed by atoms with Gasteiger partial charge in [0.2, 0.25) is 0 Å². The molecule has 0 aliphatic carbocycles. The van der Waals surface area contributed by atoms with Crippen LogP contribution in [0.3, 0.4) is 0 Å². The number of benzene rings is 1. The van der Waals surface area contributed by atoms with Crippen LogP contribution >= 0.6 is 0 Å². The van der Waals surface area contributed by atoms with Crippen molar-refractivity contribution < 1.29 is 13.9 Å². The lowest BCUT2D eigenvalue weighted by molar-refractivity contribution is 0.297. The summed E-state index contributed by atoms with van der Waals surface area (Å²) in [6.07, 6.45) is 3.53. The standard InChI is InChI=1S/C17H21NO3/c1-13(10-15-4-2-7-19-15)18-12-14-5-6-16-17(11-14)21-9-3-8-20-16/h2,4-7,11,13,18H,3,8-10,12H2,1H3. The molecule has 1 aliphatic heterocycles. The van der Waals surface area contributed by atoms with E-state index in [1.54, 1.807) is 6.26 Å². The van der Waals surface area contributed by atoms with Crippen molar-refractivity contribution in [2.24, 2.45) is 0 Å². The second-order valence-corrected chi connectivity index (χ2v) is 5.40. The molecule has 1 unspecified atom stereocenters. The largest absolute Gasteiger partial charge is 0.490 e. The third-order valence-corrected chi connectivity index (χ3v) is 3.55. The number of ether oxygens (including phenoxy) is 2. The Morgan fingerprint density at radius 1 is 1.14 bits per heavy atom. The van der Waals surface area contributed by atoms with Crippen molar-refractivity contribution in [3.05, 3.63) is 47.9 Å². The molecular formula is C17H21NO3. The first kappa shape index (κ1) is 14.0. The number of hydrogen-bond acceptors (Lipinski definition) is 4. The zero-order valence-corrected chi connectivity index (χ0v) is 12.3. The van der Waals surface area contributed by atoms with Crippen LogP contribution in [0.1, 0.15) is 24.7 Å². The predicted octanol–water partition coefficient (Wildman–Crippen LogP) is 3.16. The highest BCUT2D eigenvalue weighted by Gasteiger charge is 2.11. The molecule has 0 spiro atoms.